The molecular weight excluding hydrogens is 240 g/mol. The lowest BCUT2D eigenvalue weighted by Gasteiger charge is -2.15. The maximum absolute atomic E-state index is 5.31. The van der Waals surface area contributed by atoms with E-state index >= 15 is 0 Å². The first kappa shape index (κ1) is 14.2. The first-order valence-corrected chi connectivity index (χ1v) is 6.90. The number of methoxy groups -OCH3 is 2. The molecule has 1 aliphatic carbocycles. The molecule has 1 aromatic carbocycles. The molecule has 4 nitrogen and oxygen atoms in total. The quantitative estimate of drug-likeness (QED) is 0.753. The lowest BCUT2D eigenvalue weighted by molar-refractivity contribution is 0.354. The largest absolute Gasteiger partial charge is 0.493 e. The lowest BCUT2D eigenvalue weighted by atomic mass is 10.2. The highest BCUT2D eigenvalue weighted by atomic mass is 16.5. The average Bonchev–Trinajstić information content (AvgIpc) is 3.26. The minimum atomic E-state index is 0.466. The van der Waals surface area contributed by atoms with Crippen LogP contribution in [0.3, 0.4) is 0 Å². The molecule has 0 saturated heterocycles. The monoisotopic (exact) mass is 264 g/mol. The topological polar surface area (TPSA) is 42.5 Å². The van der Waals surface area contributed by atoms with Crippen molar-refractivity contribution in [2.75, 3.05) is 20.8 Å². The van der Waals surface area contributed by atoms with Gasteiger partial charge in [0.25, 0.3) is 0 Å². The van der Waals surface area contributed by atoms with Crippen molar-refractivity contribution in [2.45, 2.75) is 38.4 Å². The van der Waals surface area contributed by atoms with E-state index in [1.165, 1.54) is 18.4 Å². The zero-order chi connectivity index (χ0) is 13.7. The molecular formula is C15H24N2O2. The van der Waals surface area contributed by atoms with E-state index in [0.29, 0.717) is 6.04 Å². The summed E-state index contributed by atoms with van der Waals surface area (Å²) in [5, 5.41) is 7.04. The Kier molecular flexibility index (Phi) is 5.05. The molecule has 1 aliphatic rings. The molecule has 1 aromatic rings. The molecule has 19 heavy (non-hydrogen) atoms. The van der Waals surface area contributed by atoms with Crippen LogP contribution in [0.15, 0.2) is 18.2 Å². The van der Waals surface area contributed by atoms with Crippen molar-refractivity contribution in [3.05, 3.63) is 23.8 Å². The van der Waals surface area contributed by atoms with Crippen molar-refractivity contribution in [2.24, 2.45) is 0 Å². The van der Waals surface area contributed by atoms with E-state index in [1.807, 2.05) is 12.1 Å². The van der Waals surface area contributed by atoms with Gasteiger partial charge < -0.3 is 20.1 Å². The number of ether oxygens (including phenoxy) is 2. The van der Waals surface area contributed by atoms with Crippen LogP contribution in [0.25, 0.3) is 0 Å². The van der Waals surface area contributed by atoms with Crippen LogP contribution in [-0.4, -0.2) is 32.8 Å². The Labute approximate surface area is 115 Å². The maximum Gasteiger partial charge on any atom is 0.161 e. The summed E-state index contributed by atoms with van der Waals surface area (Å²) < 4.78 is 10.5. The first-order chi connectivity index (χ1) is 9.22. The summed E-state index contributed by atoms with van der Waals surface area (Å²) in [6, 6.07) is 7.27. The first-order valence-electron chi connectivity index (χ1n) is 6.90. The Morgan fingerprint density at radius 3 is 2.58 bits per heavy atom. The van der Waals surface area contributed by atoms with Crippen LogP contribution in [0.2, 0.25) is 0 Å². The average molecular weight is 264 g/mol. The van der Waals surface area contributed by atoms with Crippen LogP contribution < -0.4 is 20.1 Å². The zero-order valence-corrected chi connectivity index (χ0v) is 12.0. The van der Waals surface area contributed by atoms with Gasteiger partial charge >= 0.3 is 0 Å². The van der Waals surface area contributed by atoms with Crippen molar-refractivity contribution >= 4 is 0 Å². The molecule has 1 saturated carbocycles. The van der Waals surface area contributed by atoms with Gasteiger partial charge in [0.15, 0.2) is 11.5 Å². The highest BCUT2D eigenvalue weighted by Gasteiger charge is 2.20. The summed E-state index contributed by atoms with van der Waals surface area (Å²) >= 11 is 0. The number of nitrogens with one attached hydrogen (secondary N) is 2. The van der Waals surface area contributed by atoms with E-state index in [2.05, 4.69) is 23.6 Å². The minimum Gasteiger partial charge on any atom is -0.493 e. The van der Waals surface area contributed by atoms with Crippen LogP contribution >= 0.6 is 0 Å². The number of hydrogen-bond acceptors (Lipinski definition) is 4. The fourth-order valence-electron chi connectivity index (χ4n) is 1.99. The molecule has 2 N–H and O–H groups in total. The maximum atomic E-state index is 5.31. The van der Waals surface area contributed by atoms with Gasteiger partial charge in [0.05, 0.1) is 14.2 Å². The molecule has 0 bridgehead atoms. The molecule has 0 aromatic heterocycles. The molecule has 0 aliphatic heterocycles. The van der Waals surface area contributed by atoms with Crippen LogP contribution in [0, 0.1) is 0 Å². The predicted octanol–water partition coefficient (Wildman–Crippen LogP) is 1.93. The molecule has 0 amide bonds. The second kappa shape index (κ2) is 6.78. The molecule has 0 radical (unpaired) electrons. The zero-order valence-electron chi connectivity index (χ0n) is 12.0. The number of rotatable bonds is 8. The van der Waals surface area contributed by atoms with E-state index in [9.17, 15) is 0 Å². The number of hydrogen-bond donors (Lipinski definition) is 2. The number of benzene rings is 1. The highest BCUT2D eigenvalue weighted by molar-refractivity contribution is 5.42. The van der Waals surface area contributed by atoms with Crippen molar-refractivity contribution in [3.63, 3.8) is 0 Å². The van der Waals surface area contributed by atoms with E-state index in [1.54, 1.807) is 14.2 Å². The normalized spacial score (nSPS) is 16.2. The minimum absolute atomic E-state index is 0.466. The van der Waals surface area contributed by atoms with Gasteiger partial charge in [0, 0.05) is 25.2 Å². The van der Waals surface area contributed by atoms with Crippen molar-refractivity contribution in [1.82, 2.24) is 10.6 Å². The molecule has 4 heteroatoms. The summed E-state index contributed by atoms with van der Waals surface area (Å²) in [6.07, 6.45) is 2.67. The van der Waals surface area contributed by atoms with Crippen LogP contribution in [-0.2, 0) is 6.54 Å². The second-order valence-electron chi connectivity index (χ2n) is 5.15. The van der Waals surface area contributed by atoms with E-state index < -0.39 is 0 Å². The smallest absolute Gasteiger partial charge is 0.161 e. The fraction of sp³-hybridized carbons (Fsp3) is 0.600. The van der Waals surface area contributed by atoms with E-state index in [-0.39, 0.29) is 0 Å². The van der Waals surface area contributed by atoms with E-state index in [4.69, 9.17) is 9.47 Å². The molecule has 106 valence electrons. The Morgan fingerprint density at radius 1 is 1.21 bits per heavy atom. The summed E-state index contributed by atoms with van der Waals surface area (Å²) in [5.41, 5.74) is 1.20. The van der Waals surface area contributed by atoms with Gasteiger partial charge in [0.2, 0.25) is 0 Å². The summed E-state index contributed by atoms with van der Waals surface area (Å²) in [6.45, 7) is 4.07. The molecule has 0 spiro atoms. The molecule has 1 atom stereocenters. The summed E-state index contributed by atoms with van der Waals surface area (Å²) in [7, 11) is 3.32. The predicted molar refractivity (Wildman–Crippen MR) is 76.9 cm³/mol. The third kappa shape index (κ3) is 4.40. The standard InChI is InChI=1S/C15H24N2O2/c1-11(9-17-13-5-6-13)16-10-12-4-7-14(18-2)15(8-12)19-3/h4,7-8,11,13,16-17H,5-6,9-10H2,1-3H3. The lowest BCUT2D eigenvalue weighted by Crippen LogP contribution is -2.36. The molecule has 1 fully saturated rings. The van der Waals surface area contributed by atoms with Gasteiger partial charge in [-0.3, -0.25) is 0 Å². The van der Waals surface area contributed by atoms with Gasteiger partial charge in [-0.05, 0) is 37.5 Å². The molecule has 0 heterocycles. The summed E-state index contributed by atoms with van der Waals surface area (Å²) in [4.78, 5) is 0. The van der Waals surface area contributed by atoms with Crippen LogP contribution in [0.1, 0.15) is 25.3 Å². The second-order valence-corrected chi connectivity index (χ2v) is 5.15. The highest BCUT2D eigenvalue weighted by Crippen LogP contribution is 2.27. The summed E-state index contributed by atoms with van der Waals surface area (Å²) in [5.74, 6) is 1.56. The van der Waals surface area contributed by atoms with Gasteiger partial charge in [0.1, 0.15) is 0 Å². The van der Waals surface area contributed by atoms with Gasteiger partial charge in [-0.2, -0.15) is 0 Å². The van der Waals surface area contributed by atoms with Crippen molar-refractivity contribution in [3.8, 4) is 11.5 Å². The molecule has 1 unspecified atom stereocenters. The van der Waals surface area contributed by atoms with Gasteiger partial charge in [-0.15, -0.1) is 0 Å². The third-order valence-corrected chi connectivity index (χ3v) is 3.39. The molecule has 2 rings (SSSR count). The van der Waals surface area contributed by atoms with Crippen molar-refractivity contribution < 1.29 is 9.47 Å². The van der Waals surface area contributed by atoms with Crippen LogP contribution in [0.4, 0.5) is 0 Å². The Hall–Kier alpha value is -1.26. The van der Waals surface area contributed by atoms with Crippen LogP contribution in [0.5, 0.6) is 11.5 Å². The van der Waals surface area contributed by atoms with Gasteiger partial charge in [-0.1, -0.05) is 6.07 Å². The fourth-order valence-corrected chi connectivity index (χ4v) is 1.99. The SMILES string of the molecule is COc1ccc(CNC(C)CNC2CC2)cc1OC. The Balaban J connectivity index is 1.80. The Bertz CT molecular complexity index is 405. The third-order valence-electron chi connectivity index (χ3n) is 3.39. The van der Waals surface area contributed by atoms with Crippen molar-refractivity contribution in [1.29, 1.82) is 0 Å². The Morgan fingerprint density at radius 2 is 1.95 bits per heavy atom. The van der Waals surface area contributed by atoms with Gasteiger partial charge in [-0.25, -0.2) is 0 Å². The van der Waals surface area contributed by atoms with E-state index in [0.717, 1.165) is 30.6 Å².